The van der Waals surface area contributed by atoms with Crippen LogP contribution in [0.15, 0.2) is 18.2 Å². The zero-order chi connectivity index (χ0) is 22.4. The largest absolute Gasteiger partial charge is 0.497 e. The van der Waals surface area contributed by atoms with Gasteiger partial charge in [-0.1, -0.05) is 20.8 Å². The van der Waals surface area contributed by atoms with E-state index in [1.165, 1.54) is 6.42 Å². The number of rotatable bonds is 6. The van der Waals surface area contributed by atoms with E-state index >= 15 is 0 Å². The number of esters is 1. The number of H-pyrrole nitrogens is 1. The predicted octanol–water partition coefficient (Wildman–Crippen LogP) is 4.19. The summed E-state index contributed by atoms with van der Waals surface area (Å²) in [4.78, 5) is 31.0. The van der Waals surface area contributed by atoms with E-state index in [1.54, 1.807) is 14.0 Å². The van der Waals surface area contributed by atoms with E-state index < -0.39 is 5.97 Å². The summed E-state index contributed by atoms with van der Waals surface area (Å²) in [6.45, 7) is 10.3. The Morgan fingerprint density at radius 1 is 1.26 bits per heavy atom. The minimum absolute atomic E-state index is 0.122. The topological polar surface area (TPSA) is 83.7 Å². The normalized spacial score (nSPS) is 24.9. The van der Waals surface area contributed by atoms with Crippen LogP contribution in [0.2, 0.25) is 0 Å². The lowest BCUT2D eigenvalue weighted by atomic mass is 9.65. The molecular formula is C24H33N3O4. The minimum Gasteiger partial charge on any atom is -0.497 e. The minimum atomic E-state index is -0.487. The molecule has 2 heterocycles. The number of methoxy groups -OCH3 is 1. The fourth-order valence-electron chi connectivity index (χ4n) is 5.91. The third-order valence-electron chi connectivity index (χ3n) is 6.62. The summed E-state index contributed by atoms with van der Waals surface area (Å²) in [5.41, 5.74) is 2.01. The average molecular weight is 428 g/mol. The number of carbonyl (C=O) groups is 2. The number of carbonyl (C=O) groups excluding carboxylic acids is 2. The van der Waals surface area contributed by atoms with Gasteiger partial charge in [0.2, 0.25) is 5.91 Å². The molecule has 0 radical (unpaired) electrons. The van der Waals surface area contributed by atoms with E-state index in [9.17, 15) is 9.59 Å². The number of hydrogen-bond donors (Lipinski definition) is 2. The highest BCUT2D eigenvalue weighted by atomic mass is 16.5. The molecular weight excluding hydrogens is 394 g/mol. The number of likely N-dealkylation sites (tertiary alicyclic amines) is 1. The molecule has 1 saturated carbocycles. The summed E-state index contributed by atoms with van der Waals surface area (Å²) in [5.74, 6) is 0.0448. The zero-order valence-corrected chi connectivity index (χ0v) is 19.1. The van der Waals surface area contributed by atoms with Gasteiger partial charge in [-0.2, -0.15) is 0 Å². The highest BCUT2D eigenvalue weighted by molar-refractivity contribution is 6.11. The van der Waals surface area contributed by atoms with Crippen molar-refractivity contribution in [1.82, 2.24) is 9.88 Å². The smallest absolute Gasteiger partial charge is 0.356 e. The second-order valence-electron chi connectivity index (χ2n) is 10.2. The van der Waals surface area contributed by atoms with E-state index in [1.807, 2.05) is 18.2 Å². The molecule has 0 spiro atoms. The van der Waals surface area contributed by atoms with Gasteiger partial charge in [-0.05, 0) is 55.2 Å². The molecule has 4 rings (SSSR count). The maximum Gasteiger partial charge on any atom is 0.356 e. The number of anilines is 1. The van der Waals surface area contributed by atoms with Crippen molar-refractivity contribution in [2.24, 2.45) is 10.8 Å². The molecule has 0 unspecified atom stereocenters. The monoisotopic (exact) mass is 427 g/mol. The number of amides is 1. The Morgan fingerprint density at radius 2 is 2.03 bits per heavy atom. The Labute approximate surface area is 183 Å². The Balaban J connectivity index is 1.58. The van der Waals surface area contributed by atoms with Gasteiger partial charge < -0.3 is 19.8 Å². The fourth-order valence-corrected chi connectivity index (χ4v) is 5.91. The van der Waals surface area contributed by atoms with Gasteiger partial charge in [-0.25, -0.2) is 4.79 Å². The number of ether oxygens (including phenoxy) is 2. The molecule has 168 valence electrons. The molecule has 2 N–H and O–H groups in total. The van der Waals surface area contributed by atoms with Gasteiger partial charge in [0.15, 0.2) is 0 Å². The molecule has 1 aromatic carbocycles. The predicted molar refractivity (Wildman–Crippen MR) is 121 cm³/mol. The van der Waals surface area contributed by atoms with Crippen molar-refractivity contribution < 1.29 is 19.1 Å². The molecule has 1 aliphatic heterocycles. The lowest BCUT2D eigenvalue weighted by Gasteiger charge is -2.39. The first-order valence-electron chi connectivity index (χ1n) is 11.0. The quantitative estimate of drug-likeness (QED) is 0.676. The van der Waals surface area contributed by atoms with Crippen LogP contribution in [0.25, 0.3) is 10.9 Å². The molecule has 1 aromatic heterocycles. The van der Waals surface area contributed by atoms with Crippen molar-refractivity contribution in [3.05, 3.63) is 23.9 Å². The molecule has 1 amide bonds. The number of nitrogens with one attached hydrogen (secondary N) is 2. The molecule has 1 saturated heterocycles. The van der Waals surface area contributed by atoms with E-state index in [4.69, 9.17) is 9.47 Å². The van der Waals surface area contributed by atoms with Crippen LogP contribution in [0.4, 0.5) is 5.69 Å². The van der Waals surface area contributed by atoms with Gasteiger partial charge in [0.25, 0.3) is 0 Å². The molecule has 2 aromatic rings. The third kappa shape index (κ3) is 4.28. The molecule has 1 aliphatic carbocycles. The highest BCUT2D eigenvalue weighted by Gasteiger charge is 2.49. The van der Waals surface area contributed by atoms with E-state index in [0.717, 1.165) is 30.3 Å². The number of benzene rings is 1. The van der Waals surface area contributed by atoms with Gasteiger partial charge >= 0.3 is 5.97 Å². The van der Waals surface area contributed by atoms with Gasteiger partial charge in [-0.15, -0.1) is 0 Å². The van der Waals surface area contributed by atoms with E-state index in [0.29, 0.717) is 29.4 Å². The van der Waals surface area contributed by atoms with Gasteiger partial charge in [0, 0.05) is 23.5 Å². The van der Waals surface area contributed by atoms with Crippen molar-refractivity contribution in [1.29, 1.82) is 0 Å². The highest BCUT2D eigenvalue weighted by Crippen LogP contribution is 2.52. The summed E-state index contributed by atoms with van der Waals surface area (Å²) in [6.07, 6.45) is 3.43. The summed E-state index contributed by atoms with van der Waals surface area (Å²) < 4.78 is 10.5. The molecule has 2 fully saturated rings. The van der Waals surface area contributed by atoms with Gasteiger partial charge in [0.1, 0.15) is 11.4 Å². The van der Waals surface area contributed by atoms with Crippen LogP contribution < -0.4 is 10.1 Å². The third-order valence-corrected chi connectivity index (χ3v) is 6.62. The summed E-state index contributed by atoms with van der Waals surface area (Å²) >= 11 is 0. The van der Waals surface area contributed by atoms with Crippen LogP contribution in [-0.4, -0.2) is 54.6 Å². The van der Waals surface area contributed by atoms with Gasteiger partial charge in [-0.3, -0.25) is 9.69 Å². The van der Waals surface area contributed by atoms with E-state index in [-0.39, 0.29) is 23.6 Å². The molecule has 2 bridgehead atoms. The Bertz CT molecular complexity index is 1010. The summed E-state index contributed by atoms with van der Waals surface area (Å²) in [7, 11) is 1.59. The first-order chi connectivity index (χ1) is 14.6. The standard InChI is InChI=1S/C24H33N3O4/c1-6-31-22(29)21-20(17-9-16(30-5)7-8-18(17)25-21)26-19(28)12-27-14-24(4)11-15(27)10-23(2,3)13-24/h7-9,15,25H,6,10-14H2,1-5H3,(H,26,28)/t15-,24-/m0/s1. The Kier molecular flexibility index (Phi) is 5.50. The number of hydrogen-bond acceptors (Lipinski definition) is 5. The summed E-state index contributed by atoms with van der Waals surface area (Å²) in [6, 6.07) is 5.88. The first kappa shape index (κ1) is 21.7. The molecule has 2 atom stereocenters. The maximum absolute atomic E-state index is 13.1. The second-order valence-corrected chi connectivity index (χ2v) is 10.2. The Morgan fingerprint density at radius 3 is 2.74 bits per heavy atom. The van der Waals surface area contributed by atoms with Crippen molar-refractivity contribution >= 4 is 28.5 Å². The molecule has 31 heavy (non-hydrogen) atoms. The first-order valence-corrected chi connectivity index (χ1v) is 11.0. The van der Waals surface area contributed by atoms with Crippen LogP contribution in [0.3, 0.4) is 0 Å². The molecule has 2 aliphatic rings. The van der Waals surface area contributed by atoms with Crippen molar-refractivity contribution in [2.45, 2.75) is 53.0 Å². The van der Waals surface area contributed by atoms with Crippen molar-refractivity contribution in [2.75, 3.05) is 32.1 Å². The fraction of sp³-hybridized carbons (Fsp3) is 0.583. The van der Waals surface area contributed by atoms with Crippen molar-refractivity contribution in [3.63, 3.8) is 0 Å². The lowest BCUT2D eigenvalue weighted by Crippen LogP contribution is -2.38. The second kappa shape index (κ2) is 7.86. The van der Waals surface area contributed by atoms with E-state index in [2.05, 4.69) is 36.0 Å². The molecule has 7 heteroatoms. The van der Waals surface area contributed by atoms with Gasteiger partial charge in [0.05, 0.1) is 25.9 Å². The van der Waals surface area contributed by atoms with Crippen LogP contribution >= 0.6 is 0 Å². The average Bonchev–Trinajstić information content (AvgIpc) is 3.14. The van der Waals surface area contributed by atoms with Crippen LogP contribution in [-0.2, 0) is 9.53 Å². The van der Waals surface area contributed by atoms with Crippen LogP contribution in [0.1, 0.15) is 57.4 Å². The zero-order valence-electron chi connectivity index (χ0n) is 19.1. The number of aromatic amines is 1. The maximum atomic E-state index is 13.1. The molecule has 7 nitrogen and oxygen atoms in total. The lowest BCUT2D eigenvalue weighted by molar-refractivity contribution is -0.117. The Hall–Kier alpha value is -2.54. The van der Waals surface area contributed by atoms with Crippen molar-refractivity contribution in [3.8, 4) is 5.75 Å². The van der Waals surface area contributed by atoms with Crippen LogP contribution in [0, 0.1) is 10.8 Å². The number of nitrogens with zero attached hydrogens (tertiary/aromatic N) is 1. The SMILES string of the molecule is CCOC(=O)c1[nH]c2ccc(OC)cc2c1NC(=O)CN1C[C@@]2(C)C[C@@H]1CC(C)(C)C2. The van der Waals surface area contributed by atoms with Crippen LogP contribution in [0.5, 0.6) is 5.75 Å². The number of aromatic nitrogens is 1. The summed E-state index contributed by atoms with van der Waals surface area (Å²) in [5, 5.41) is 3.72. The number of fused-ring (bicyclic) bond motifs is 3.